The largest absolute Gasteiger partial charge is 0.345 e. The minimum absolute atomic E-state index is 0.164. The van der Waals surface area contributed by atoms with Crippen molar-refractivity contribution in [1.29, 1.82) is 0 Å². The van der Waals surface area contributed by atoms with Gasteiger partial charge in [-0.25, -0.2) is 0 Å². The third kappa shape index (κ3) is 3.56. The van der Waals surface area contributed by atoms with Gasteiger partial charge in [0.05, 0.1) is 0 Å². The molecule has 0 saturated heterocycles. The molecule has 0 bridgehead atoms. The summed E-state index contributed by atoms with van der Waals surface area (Å²) in [6.07, 6.45) is 4.21. The van der Waals surface area contributed by atoms with Gasteiger partial charge in [-0.3, -0.25) is 9.59 Å². The van der Waals surface area contributed by atoms with Crippen molar-refractivity contribution in [1.82, 2.24) is 5.32 Å². The number of rotatable bonds is 2. The van der Waals surface area contributed by atoms with Crippen LogP contribution in [0.1, 0.15) is 36.8 Å². The van der Waals surface area contributed by atoms with Gasteiger partial charge in [-0.1, -0.05) is 30.5 Å². The van der Waals surface area contributed by atoms with E-state index in [1.165, 1.54) is 0 Å². The topological polar surface area (TPSA) is 58.2 Å². The number of aryl methyl sites for hydroxylation is 2. The van der Waals surface area contributed by atoms with Crippen LogP contribution in [0.5, 0.6) is 0 Å². The van der Waals surface area contributed by atoms with E-state index in [2.05, 4.69) is 10.6 Å². The second-order valence-corrected chi connectivity index (χ2v) is 5.23. The van der Waals surface area contributed by atoms with E-state index >= 15 is 0 Å². The molecular formula is C15H20N2O2. The normalized spacial score (nSPS) is 15.3. The number of amides is 2. The molecular weight excluding hydrogens is 240 g/mol. The van der Waals surface area contributed by atoms with Crippen molar-refractivity contribution >= 4 is 17.5 Å². The average molecular weight is 260 g/mol. The highest BCUT2D eigenvalue weighted by Gasteiger charge is 2.21. The summed E-state index contributed by atoms with van der Waals surface area (Å²) < 4.78 is 0. The van der Waals surface area contributed by atoms with E-state index in [9.17, 15) is 9.59 Å². The molecule has 4 nitrogen and oxygen atoms in total. The number of hydrogen-bond donors (Lipinski definition) is 2. The zero-order chi connectivity index (χ0) is 13.8. The summed E-state index contributed by atoms with van der Waals surface area (Å²) in [7, 11) is 0. The number of carbonyl (C=O) groups is 2. The average Bonchev–Trinajstić information content (AvgIpc) is 2.85. The van der Waals surface area contributed by atoms with Gasteiger partial charge in [-0.15, -0.1) is 0 Å². The fourth-order valence-corrected chi connectivity index (χ4v) is 2.45. The summed E-state index contributed by atoms with van der Waals surface area (Å²) in [6.45, 7) is 3.91. The first-order valence-corrected chi connectivity index (χ1v) is 6.75. The van der Waals surface area contributed by atoms with Gasteiger partial charge < -0.3 is 10.6 Å². The molecule has 19 heavy (non-hydrogen) atoms. The molecule has 1 aliphatic rings. The van der Waals surface area contributed by atoms with Crippen LogP contribution in [0.4, 0.5) is 5.69 Å². The van der Waals surface area contributed by atoms with E-state index in [-0.39, 0.29) is 6.04 Å². The molecule has 0 heterocycles. The molecule has 0 unspecified atom stereocenters. The zero-order valence-electron chi connectivity index (χ0n) is 11.5. The fourth-order valence-electron chi connectivity index (χ4n) is 2.45. The second kappa shape index (κ2) is 5.87. The number of nitrogens with one attached hydrogen (secondary N) is 2. The van der Waals surface area contributed by atoms with E-state index in [0.717, 1.165) is 36.8 Å². The molecule has 1 aromatic rings. The Balaban J connectivity index is 1.94. The van der Waals surface area contributed by atoms with Gasteiger partial charge in [0.1, 0.15) is 0 Å². The van der Waals surface area contributed by atoms with Crippen LogP contribution >= 0.6 is 0 Å². The van der Waals surface area contributed by atoms with E-state index in [4.69, 9.17) is 0 Å². The molecule has 0 radical (unpaired) electrons. The van der Waals surface area contributed by atoms with E-state index in [0.29, 0.717) is 5.69 Å². The van der Waals surface area contributed by atoms with Crippen molar-refractivity contribution in [3.63, 3.8) is 0 Å². The Morgan fingerprint density at radius 3 is 2.42 bits per heavy atom. The smallest absolute Gasteiger partial charge is 0.313 e. The van der Waals surface area contributed by atoms with Gasteiger partial charge in [0.2, 0.25) is 0 Å². The van der Waals surface area contributed by atoms with Crippen LogP contribution in [0.25, 0.3) is 0 Å². The summed E-state index contributed by atoms with van der Waals surface area (Å²) in [6, 6.07) is 5.88. The van der Waals surface area contributed by atoms with Gasteiger partial charge >= 0.3 is 11.8 Å². The SMILES string of the molecule is Cc1ccc(NC(=O)C(=O)NC2CCCC2)c(C)c1. The van der Waals surface area contributed by atoms with Crippen LogP contribution in [0.15, 0.2) is 18.2 Å². The molecule has 102 valence electrons. The molecule has 0 aromatic heterocycles. The standard InChI is InChI=1S/C15H20N2O2/c1-10-7-8-13(11(2)9-10)17-15(19)14(18)16-12-5-3-4-6-12/h7-9,12H,3-6H2,1-2H3,(H,16,18)(H,17,19). The van der Waals surface area contributed by atoms with E-state index in [1.807, 2.05) is 32.0 Å². The zero-order valence-corrected chi connectivity index (χ0v) is 11.5. The first kappa shape index (κ1) is 13.6. The van der Waals surface area contributed by atoms with Crippen molar-refractivity contribution in [2.75, 3.05) is 5.32 Å². The lowest BCUT2D eigenvalue weighted by molar-refractivity contribution is -0.136. The van der Waals surface area contributed by atoms with Gasteiger partial charge in [0.15, 0.2) is 0 Å². The number of hydrogen-bond acceptors (Lipinski definition) is 2. The predicted molar refractivity (Wildman–Crippen MR) is 74.9 cm³/mol. The van der Waals surface area contributed by atoms with Gasteiger partial charge in [0.25, 0.3) is 0 Å². The van der Waals surface area contributed by atoms with Gasteiger partial charge in [-0.2, -0.15) is 0 Å². The van der Waals surface area contributed by atoms with Crippen molar-refractivity contribution in [3.05, 3.63) is 29.3 Å². The predicted octanol–water partition coefficient (Wildman–Crippen LogP) is 2.30. The fraction of sp³-hybridized carbons (Fsp3) is 0.467. The van der Waals surface area contributed by atoms with Crippen molar-refractivity contribution < 1.29 is 9.59 Å². The third-order valence-corrected chi connectivity index (χ3v) is 3.53. The quantitative estimate of drug-likeness (QED) is 0.802. The monoisotopic (exact) mass is 260 g/mol. The van der Waals surface area contributed by atoms with Crippen molar-refractivity contribution in [2.45, 2.75) is 45.6 Å². The molecule has 0 aliphatic heterocycles. The Hall–Kier alpha value is -1.84. The van der Waals surface area contributed by atoms with Crippen LogP contribution in [-0.2, 0) is 9.59 Å². The van der Waals surface area contributed by atoms with Gasteiger partial charge in [0, 0.05) is 11.7 Å². The second-order valence-electron chi connectivity index (χ2n) is 5.23. The minimum Gasteiger partial charge on any atom is -0.345 e. The summed E-state index contributed by atoms with van der Waals surface area (Å²) >= 11 is 0. The molecule has 0 atom stereocenters. The molecule has 2 N–H and O–H groups in total. The number of carbonyl (C=O) groups excluding carboxylic acids is 2. The van der Waals surface area contributed by atoms with E-state index in [1.54, 1.807) is 0 Å². The summed E-state index contributed by atoms with van der Waals surface area (Å²) in [5.74, 6) is -1.12. The number of benzene rings is 1. The molecule has 4 heteroatoms. The first-order valence-electron chi connectivity index (χ1n) is 6.75. The van der Waals surface area contributed by atoms with Gasteiger partial charge in [-0.05, 0) is 38.3 Å². The maximum absolute atomic E-state index is 11.8. The lowest BCUT2D eigenvalue weighted by Crippen LogP contribution is -2.40. The Labute approximate surface area is 113 Å². The number of anilines is 1. The Kier molecular flexibility index (Phi) is 4.20. The Morgan fingerprint density at radius 1 is 1.11 bits per heavy atom. The highest BCUT2D eigenvalue weighted by atomic mass is 16.2. The highest BCUT2D eigenvalue weighted by Crippen LogP contribution is 2.18. The van der Waals surface area contributed by atoms with Crippen LogP contribution in [0, 0.1) is 13.8 Å². The maximum Gasteiger partial charge on any atom is 0.313 e. The summed E-state index contributed by atoms with van der Waals surface area (Å²) in [5, 5.41) is 5.44. The van der Waals surface area contributed by atoms with Crippen LogP contribution in [0.3, 0.4) is 0 Å². The minimum atomic E-state index is -0.584. The molecule has 1 saturated carbocycles. The molecule has 1 aliphatic carbocycles. The Morgan fingerprint density at radius 2 is 1.79 bits per heavy atom. The summed E-state index contributed by atoms with van der Waals surface area (Å²) in [5.41, 5.74) is 2.78. The first-order chi connectivity index (χ1) is 9.06. The summed E-state index contributed by atoms with van der Waals surface area (Å²) in [4.78, 5) is 23.6. The maximum atomic E-state index is 11.8. The van der Waals surface area contributed by atoms with Crippen molar-refractivity contribution in [3.8, 4) is 0 Å². The van der Waals surface area contributed by atoms with Crippen molar-refractivity contribution in [2.24, 2.45) is 0 Å². The third-order valence-electron chi connectivity index (χ3n) is 3.53. The lowest BCUT2D eigenvalue weighted by atomic mass is 10.1. The molecule has 2 amide bonds. The molecule has 2 rings (SSSR count). The molecule has 0 spiro atoms. The molecule has 1 aromatic carbocycles. The van der Waals surface area contributed by atoms with E-state index < -0.39 is 11.8 Å². The van der Waals surface area contributed by atoms with Crippen LogP contribution < -0.4 is 10.6 Å². The highest BCUT2D eigenvalue weighted by molar-refractivity contribution is 6.39. The molecule has 1 fully saturated rings. The van der Waals surface area contributed by atoms with Crippen LogP contribution in [0.2, 0.25) is 0 Å². The lowest BCUT2D eigenvalue weighted by Gasteiger charge is -2.12. The van der Waals surface area contributed by atoms with Crippen LogP contribution in [-0.4, -0.2) is 17.9 Å². The Bertz CT molecular complexity index is 491.